The molecular formula is C8H14N4S6Zn. The fraction of sp³-hybridized carbons (Fsp3) is 0.250. The molecule has 0 amide bonds. The SMILES string of the molecule is CC(C(N)=S)=C(C)C(N)=S.NC(=S)[S-].NC(=S)[S-].[Zn+2]. The fourth-order valence-corrected chi connectivity index (χ4v) is 0.676. The van der Waals surface area contributed by atoms with Gasteiger partial charge in [0.25, 0.3) is 0 Å². The molecule has 0 aromatic carbocycles. The summed E-state index contributed by atoms with van der Waals surface area (Å²) < 4.78 is 0.167. The van der Waals surface area contributed by atoms with Crippen molar-refractivity contribution in [1.29, 1.82) is 0 Å². The Balaban J connectivity index is -0.000000105. The minimum atomic E-state index is 0. The molecule has 0 aromatic heterocycles. The molecular weight excluding hydrogens is 410 g/mol. The Labute approximate surface area is 159 Å². The Morgan fingerprint density at radius 2 is 0.789 bits per heavy atom. The van der Waals surface area contributed by atoms with E-state index in [1.54, 1.807) is 13.8 Å². The van der Waals surface area contributed by atoms with E-state index in [9.17, 15) is 0 Å². The fourth-order valence-electron chi connectivity index (χ4n) is 0.370. The van der Waals surface area contributed by atoms with E-state index < -0.39 is 0 Å². The van der Waals surface area contributed by atoms with Crippen LogP contribution in [0.3, 0.4) is 0 Å². The van der Waals surface area contributed by atoms with E-state index in [1.165, 1.54) is 0 Å². The molecule has 0 unspecified atom stereocenters. The van der Waals surface area contributed by atoms with Gasteiger partial charge < -0.3 is 72.6 Å². The topological polar surface area (TPSA) is 104 Å². The molecule has 0 aromatic rings. The number of hydrogen-bond donors (Lipinski definition) is 4. The van der Waals surface area contributed by atoms with Crippen LogP contribution in [-0.4, -0.2) is 18.6 Å². The van der Waals surface area contributed by atoms with Gasteiger partial charge in [-0.3, -0.25) is 0 Å². The monoisotopic (exact) mass is 422 g/mol. The van der Waals surface area contributed by atoms with Crippen molar-refractivity contribution in [2.24, 2.45) is 22.9 Å². The molecule has 4 nitrogen and oxygen atoms in total. The van der Waals surface area contributed by atoms with Crippen molar-refractivity contribution in [2.45, 2.75) is 13.8 Å². The Morgan fingerprint density at radius 3 is 0.842 bits per heavy atom. The Bertz CT molecular complexity index is 326. The van der Waals surface area contributed by atoms with Crippen molar-refractivity contribution in [3.8, 4) is 0 Å². The summed E-state index contributed by atoms with van der Waals surface area (Å²) in [6.45, 7) is 3.60. The van der Waals surface area contributed by atoms with Gasteiger partial charge in [-0.2, -0.15) is 0 Å². The number of thiocarbonyl (C=S) groups is 4. The molecule has 0 saturated heterocycles. The van der Waals surface area contributed by atoms with Crippen molar-refractivity contribution in [3.05, 3.63) is 11.1 Å². The third-order valence-corrected chi connectivity index (χ3v) is 1.91. The summed E-state index contributed by atoms with van der Waals surface area (Å²) in [7, 11) is 0. The summed E-state index contributed by atoms with van der Waals surface area (Å²) in [6, 6.07) is 0. The first-order valence-electron chi connectivity index (χ1n) is 4.13. The van der Waals surface area contributed by atoms with Crippen LogP contribution in [0, 0.1) is 0 Å². The van der Waals surface area contributed by atoms with Crippen molar-refractivity contribution >= 4 is 92.7 Å². The molecule has 0 aliphatic rings. The smallest absolute Gasteiger partial charge is 0.415 e. The quantitative estimate of drug-likeness (QED) is 0.216. The second kappa shape index (κ2) is 16.4. The molecule has 0 aliphatic carbocycles. The van der Waals surface area contributed by atoms with Crippen LogP contribution in [0.1, 0.15) is 13.8 Å². The minimum Gasteiger partial charge on any atom is -0.415 e. The normalized spacial score (nSPS) is 8.95. The van der Waals surface area contributed by atoms with E-state index in [2.05, 4.69) is 61.2 Å². The molecule has 104 valence electrons. The molecule has 8 N–H and O–H groups in total. The molecule has 0 bridgehead atoms. The zero-order chi connectivity index (χ0) is 15.5. The molecule has 0 radical (unpaired) electrons. The van der Waals surface area contributed by atoms with Gasteiger partial charge in [0.2, 0.25) is 0 Å². The van der Waals surface area contributed by atoms with Gasteiger partial charge in [0.1, 0.15) is 0 Å². The first-order valence-corrected chi connectivity index (χ1v) is 6.58. The van der Waals surface area contributed by atoms with Crippen LogP contribution in [0.15, 0.2) is 11.1 Å². The molecule has 0 aliphatic heterocycles. The van der Waals surface area contributed by atoms with E-state index in [0.29, 0.717) is 9.98 Å². The van der Waals surface area contributed by atoms with Gasteiger partial charge in [-0.05, 0) is 25.0 Å². The third-order valence-electron chi connectivity index (χ3n) is 1.30. The van der Waals surface area contributed by atoms with E-state index >= 15 is 0 Å². The predicted molar refractivity (Wildman–Crippen MR) is 100 cm³/mol. The Morgan fingerprint density at radius 1 is 0.684 bits per heavy atom. The molecule has 0 saturated carbocycles. The van der Waals surface area contributed by atoms with Crippen molar-refractivity contribution < 1.29 is 19.5 Å². The minimum absolute atomic E-state index is 0. The summed E-state index contributed by atoms with van der Waals surface area (Å²) in [5, 5.41) is 0. The second-order valence-corrected chi connectivity index (χ2v) is 5.77. The van der Waals surface area contributed by atoms with Gasteiger partial charge in [-0.1, -0.05) is 33.1 Å². The summed E-state index contributed by atoms with van der Waals surface area (Å²) in [4.78, 5) is 0.704. The maximum atomic E-state index is 5.33. The van der Waals surface area contributed by atoms with Crippen LogP contribution in [0.4, 0.5) is 0 Å². The summed E-state index contributed by atoms with van der Waals surface area (Å²) in [6.07, 6.45) is 0. The molecule has 19 heavy (non-hydrogen) atoms. The van der Waals surface area contributed by atoms with Gasteiger partial charge >= 0.3 is 19.5 Å². The third kappa shape index (κ3) is 32.2. The Kier molecular flexibility index (Phi) is 23.9. The van der Waals surface area contributed by atoms with Crippen LogP contribution < -0.4 is 22.9 Å². The van der Waals surface area contributed by atoms with E-state index in [-0.39, 0.29) is 28.1 Å². The van der Waals surface area contributed by atoms with Crippen LogP contribution in [0.5, 0.6) is 0 Å². The maximum absolute atomic E-state index is 5.33. The van der Waals surface area contributed by atoms with Crippen molar-refractivity contribution in [1.82, 2.24) is 0 Å². The standard InChI is InChI=1S/C6H10N2S2.2CH3NS2.Zn/c1-3(5(7)9)4(2)6(8)10;2*2-1(3)4;/h1-2H3,(H2,7,9)(H2,8,10);2*(H3,2,3,4);/q;;;+2/p-2. The first-order chi connectivity index (χ1) is 7.93. The second-order valence-electron chi connectivity index (χ2n) is 2.62. The predicted octanol–water partition coefficient (Wildman–Crippen LogP) is 0.446. The van der Waals surface area contributed by atoms with Crippen molar-refractivity contribution in [3.63, 3.8) is 0 Å². The molecule has 0 spiro atoms. The van der Waals surface area contributed by atoms with Gasteiger partial charge in [-0.15, -0.1) is 0 Å². The molecule has 0 fully saturated rings. The summed E-state index contributed by atoms with van der Waals surface area (Å²) in [5.41, 5.74) is 21.6. The number of rotatable bonds is 2. The van der Waals surface area contributed by atoms with Gasteiger partial charge in [0.15, 0.2) is 0 Å². The van der Waals surface area contributed by atoms with Crippen LogP contribution >= 0.6 is 48.9 Å². The molecule has 11 heteroatoms. The molecule has 0 atom stereocenters. The number of nitrogens with two attached hydrogens (primary N) is 4. The van der Waals surface area contributed by atoms with Gasteiger partial charge in [0, 0.05) is 0 Å². The average molecular weight is 424 g/mol. The first kappa shape index (κ1) is 27.7. The van der Waals surface area contributed by atoms with E-state index in [0.717, 1.165) is 11.1 Å². The van der Waals surface area contributed by atoms with E-state index in [1.807, 2.05) is 0 Å². The number of hydrogen-bond acceptors (Lipinski definition) is 6. The van der Waals surface area contributed by atoms with E-state index in [4.69, 9.17) is 35.9 Å². The Hall–Kier alpha value is 0.363. The zero-order valence-corrected chi connectivity index (χ0v) is 18.3. The summed E-state index contributed by atoms with van der Waals surface area (Å²) >= 11 is 26.0. The van der Waals surface area contributed by atoms with Crippen LogP contribution in [0.25, 0.3) is 0 Å². The van der Waals surface area contributed by atoms with Crippen molar-refractivity contribution in [2.75, 3.05) is 0 Å². The maximum Gasteiger partial charge on any atom is 2.00 e. The van der Waals surface area contributed by atoms with Gasteiger partial charge in [-0.25, -0.2) is 0 Å². The van der Waals surface area contributed by atoms with Gasteiger partial charge in [0.05, 0.1) is 9.98 Å². The molecule has 0 heterocycles. The van der Waals surface area contributed by atoms with Crippen LogP contribution in [0.2, 0.25) is 0 Å². The largest absolute Gasteiger partial charge is 2.00 e. The average Bonchev–Trinajstić information content (AvgIpc) is 2.13. The van der Waals surface area contributed by atoms with Crippen LogP contribution in [-0.2, 0) is 44.7 Å². The summed E-state index contributed by atoms with van der Waals surface area (Å²) in [5.74, 6) is 0. The zero-order valence-electron chi connectivity index (χ0n) is 10.5. The molecule has 0 rings (SSSR count).